The Kier molecular flexibility index (Phi) is 5.43. The molecule has 7 heteroatoms. The number of aromatic nitrogens is 2. The fourth-order valence-electron chi connectivity index (χ4n) is 3.25. The summed E-state index contributed by atoms with van der Waals surface area (Å²) in [6.45, 7) is 5.82. The predicted octanol–water partition coefficient (Wildman–Crippen LogP) is 5.48. The number of aryl methyl sites for hydroxylation is 1. The van der Waals surface area contributed by atoms with Crippen LogP contribution in [-0.2, 0) is 4.74 Å². The molecular weight excluding hydrogens is 404 g/mol. The Labute approximate surface area is 176 Å². The van der Waals surface area contributed by atoms with E-state index < -0.39 is 5.97 Å². The van der Waals surface area contributed by atoms with Crippen LogP contribution in [0.5, 0.6) is 0 Å². The lowest BCUT2D eigenvalue weighted by atomic mass is 10.1. The van der Waals surface area contributed by atoms with Crippen molar-refractivity contribution in [2.75, 3.05) is 6.61 Å². The van der Waals surface area contributed by atoms with E-state index in [9.17, 15) is 9.59 Å². The lowest BCUT2D eigenvalue weighted by molar-refractivity contribution is 0.0531. The molecule has 2 aromatic carbocycles. The normalized spacial score (nSPS) is 12.4. The van der Waals surface area contributed by atoms with Crippen LogP contribution in [0.2, 0.25) is 0 Å². The van der Waals surface area contributed by atoms with Gasteiger partial charge in [0.25, 0.3) is 5.56 Å². The number of carbonyl (C=O) groups is 1. The van der Waals surface area contributed by atoms with Crippen LogP contribution in [0.25, 0.3) is 21.0 Å². The van der Waals surface area contributed by atoms with Gasteiger partial charge < -0.3 is 9.72 Å². The summed E-state index contributed by atoms with van der Waals surface area (Å²) in [5, 5.41) is 2.78. The number of benzene rings is 2. The monoisotopic (exact) mass is 424 g/mol. The second-order valence-electron chi connectivity index (χ2n) is 6.68. The minimum absolute atomic E-state index is 0.0540. The molecule has 0 amide bonds. The topological polar surface area (TPSA) is 72.0 Å². The zero-order valence-electron chi connectivity index (χ0n) is 16.3. The van der Waals surface area contributed by atoms with E-state index in [1.165, 1.54) is 22.1 Å². The van der Waals surface area contributed by atoms with E-state index >= 15 is 0 Å². The summed E-state index contributed by atoms with van der Waals surface area (Å²) in [6.07, 6.45) is 0. The fourth-order valence-corrected chi connectivity index (χ4v) is 5.30. The second kappa shape index (κ2) is 8.00. The minimum Gasteiger partial charge on any atom is -0.462 e. The molecule has 29 heavy (non-hydrogen) atoms. The summed E-state index contributed by atoms with van der Waals surface area (Å²) in [5.74, 6) is 0.185. The molecule has 0 aliphatic heterocycles. The Hall–Kier alpha value is -2.64. The molecule has 0 saturated carbocycles. The highest BCUT2D eigenvalue weighted by Crippen LogP contribution is 2.36. The zero-order chi connectivity index (χ0) is 20.5. The van der Waals surface area contributed by atoms with Gasteiger partial charge >= 0.3 is 5.97 Å². The Balaban J connectivity index is 1.67. The van der Waals surface area contributed by atoms with Crippen LogP contribution in [0.3, 0.4) is 0 Å². The van der Waals surface area contributed by atoms with E-state index in [2.05, 4.69) is 40.3 Å². The average Bonchev–Trinajstić information content (AvgIpc) is 3.05. The van der Waals surface area contributed by atoms with Crippen LogP contribution >= 0.6 is 23.1 Å². The summed E-state index contributed by atoms with van der Waals surface area (Å²) < 4.78 is 5.10. The van der Waals surface area contributed by atoms with Gasteiger partial charge in [-0.2, -0.15) is 0 Å². The number of rotatable bonds is 5. The summed E-state index contributed by atoms with van der Waals surface area (Å²) in [4.78, 5) is 34.5. The van der Waals surface area contributed by atoms with Crippen LogP contribution < -0.4 is 5.56 Å². The molecule has 1 atom stereocenters. The molecule has 0 spiro atoms. The summed E-state index contributed by atoms with van der Waals surface area (Å²) >= 11 is 2.85. The predicted molar refractivity (Wildman–Crippen MR) is 119 cm³/mol. The molecule has 1 N–H and O–H groups in total. The first-order valence-corrected chi connectivity index (χ1v) is 11.0. The number of thioether (sulfide) groups is 1. The summed E-state index contributed by atoms with van der Waals surface area (Å²) in [7, 11) is 0. The standard InChI is InChI=1S/C22H20N2O3S2/c1-4-27-22(26)18-12(2)17-20(25)23-19(24-21(17)29-18)13(3)28-16-10-9-14-7-5-6-8-15(14)11-16/h5-11,13H,4H2,1-3H3,(H,23,24,25). The minimum atomic E-state index is -0.410. The molecule has 0 fully saturated rings. The van der Waals surface area contributed by atoms with E-state index in [-0.39, 0.29) is 10.8 Å². The van der Waals surface area contributed by atoms with Crippen molar-refractivity contribution in [3.05, 3.63) is 69.1 Å². The number of fused-ring (bicyclic) bond motifs is 2. The van der Waals surface area contributed by atoms with Crippen molar-refractivity contribution in [1.29, 1.82) is 0 Å². The Morgan fingerprint density at radius 3 is 2.76 bits per heavy atom. The third-order valence-electron chi connectivity index (χ3n) is 4.70. The fraction of sp³-hybridized carbons (Fsp3) is 0.227. The first kappa shape index (κ1) is 19.7. The molecule has 0 aliphatic carbocycles. The number of carbonyl (C=O) groups excluding carboxylic acids is 1. The van der Waals surface area contributed by atoms with Gasteiger partial charge in [-0.1, -0.05) is 30.3 Å². The summed E-state index contributed by atoms with van der Waals surface area (Å²) in [6, 6.07) is 14.5. The number of hydrogen-bond acceptors (Lipinski definition) is 6. The molecule has 4 aromatic rings. The van der Waals surface area contributed by atoms with Crippen molar-refractivity contribution >= 4 is 50.1 Å². The number of esters is 1. The van der Waals surface area contributed by atoms with Gasteiger partial charge in [0.15, 0.2) is 0 Å². The SMILES string of the molecule is CCOC(=O)c1sc2nc(C(C)Sc3ccc4ccccc4c3)[nH]c(=O)c2c1C. The van der Waals surface area contributed by atoms with Crippen molar-refractivity contribution in [2.45, 2.75) is 30.9 Å². The zero-order valence-corrected chi connectivity index (χ0v) is 17.9. The first-order valence-electron chi connectivity index (χ1n) is 9.33. The molecule has 0 saturated heterocycles. The highest BCUT2D eigenvalue weighted by atomic mass is 32.2. The van der Waals surface area contributed by atoms with Gasteiger partial charge in [-0.15, -0.1) is 23.1 Å². The van der Waals surface area contributed by atoms with Crippen molar-refractivity contribution in [2.24, 2.45) is 0 Å². The third kappa shape index (κ3) is 3.80. The highest BCUT2D eigenvalue weighted by molar-refractivity contribution is 7.99. The van der Waals surface area contributed by atoms with Crippen LogP contribution in [0.4, 0.5) is 0 Å². The van der Waals surface area contributed by atoms with Crippen molar-refractivity contribution in [1.82, 2.24) is 9.97 Å². The lowest BCUT2D eigenvalue weighted by Gasteiger charge is -2.11. The van der Waals surface area contributed by atoms with E-state index in [0.29, 0.717) is 33.1 Å². The number of H-pyrrole nitrogens is 1. The number of hydrogen-bond donors (Lipinski definition) is 1. The molecule has 2 aromatic heterocycles. The maximum Gasteiger partial charge on any atom is 0.348 e. The van der Waals surface area contributed by atoms with Gasteiger partial charge in [0, 0.05) is 4.90 Å². The van der Waals surface area contributed by atoms with Gasteiger partial charge in [0.05, 0.1) is 17.2 Å². The third-order valence-corrected chi connectivity index (χ3v) is 6.97. The van der Waals surface area contributed by atoms with Crippen molar-refractivity contribution in [3.63, 3.8) is 0 Å². The van der Waals surface area contributed by atoms with Gasteiger partial charge in [-0.3, -0.25) is 4.79 Å². The molecule has 148 valence electrons. The van der Waals surface area contributed by atoms with Gasteiger partial charge in [0.2, 0.25) is 0 Å². The van der Waals surface area contributed by atoms with E-state index in [1.54, 1.807) is 25.6 Å². The molecule has 0 radical (unpaired) electrons. The van der Waals surface area contributed by atoms with Gasteiger partial charge in [0.1, 0.15) is 15.5 Å². The van der Waals surface area contributed by atoms with Crippen LogP contribution in [0.1, 0.15) is 40.2 Å². The second-order valence-corrected chi connectivity index (χ2v) is 9.09. The highest BCUT2D eigenvalue weighted by Gasteiger charge is 2.21. The van der Waals surface area contributed by atoms with E-state index in [0.717, 1.165) is 4.90 Å². The largest absolute Gasteiger partial charge is 0.462 e. The first-order chi connectivity index (χ1) is 14.0. The summed E-state index contributed by atoms with van der Waals surface area (Å²) in [5.41, 5.74) is 0.402. The number of thiophene rings is 1. The molecule has 4 rings (SSSR count). The maximum atomic E-state index is 12.7. The molecule has 5 nitrogen and oxygen atoms in total. The Bertz CT molecular complexity index is 1280. The van der Waals surface area contributed by atoms with Crippen LogP contribution in [-0.4, -0.2) is 22.5 Å². The van der Waals surface area contributed by atoms with Crippen molar-refractivity contribution < 1.29 is 9.53 Å². The number of ether oxygens (including phenoxy) is 1. The van der Waals surface area contributed by atoms with Gasteiger partial charge in [-0.25, -0.2) is 9.78 Å². The van der Waals surface area contributed by atoms with Crippen LogP contribution in [0.15, 0.2) is 52.2 Å². The quantitative estimate of drug-likeness (QED) is 0.339. The number of aromatic amines is 1. The maximum absolute atomic E-state index is 12.7. The van der Waals surface area contributed by atoms with Gasteiger partial charge in [-0.05, 0) is 49.2 Å². The van der Waals surface area contributed by atoms with Crippen LogP contribution in [0, 0.1) is 6.92 Å². The Morgan fingerprint density at radius 2 is 2.00 bits per heavy atom. The smallest absolute Gasteiger partial charge is 0.348 e. The Morgan fingerprint density at radius 1 is 1.24 bits per heavy atom. The molecule has 0 aliphatic rings. The molecular formula is C22H20N2O3S2. The van der Waals surface area contributed by atoms with E-state index in [1.807, 2.05) is 19.1 Å². The molecule has 1 unspecified atom stereocenters. The number of nitrogens with one attached hydrogen (secondary N) is 1. The average molecular weight is 425 g/mol. The molecule has 2 heterocycles. The number of nitrogens with zero attached hydrogens (tertiary/aromatic N) is 1. The van der Waals surface area contributed by atoms with Crippen molar-refractivity contribution in [3.8, 4) is 0 Å². The lowest BCUT2D eigenvalue weighted by Crippen LogP contribution is -2.12. The van der Waals surface area contributed by atoms with E-state index in [4.69, 9.17) is 4.74 Å². The molecule has 0 bridgehead atoms.